The number of thioether (sulfide) groups is 1. The zero-order valence-electron chi connectivity index (χ0n) is 14.5. The average Bonchev–Trinajstić information content (AvgIpc) is 2.95. The molecule has 2 atom stereocenters. The van der Waals surface area contributed by atoms with Gasteiger partial charge in [-0.25, -0.2) is 4.79 Å². The molecule has 5 amide bonds. The highest BCUT2D eigenvalue weighted by atomic mass is 32.2. The fraction of sp³-hybridized carbons (Fsp3) is 0.600. The number of carbonyl (C=O) groups is 4. The summed E-state index contributed by atoms with van der Waals surface area (Å²) >= 11 is 1.35. The van der Waals surface area contributed by atoms with Crippen molar-refractivity contribution >= 4 is 35.5 Å². The van der Waals surface area contributed by atoms with Gasteiger partial charge in [-0.05, 0) is 12.7 Å². The largest absolute Gasteiger partial charge is 0.368 e. The number of primary amides is 1. The van der Waals surface area contributed by atoms with E-state index in [1.54, 1.807) is 6.26 Å². The maximum absolute atomic E-state index is 12.7. The van der Waals surface area contributed by atoms with Crippen molar-refractivity contribution in [3.63, 3.8) is 0 Å². The van der Waals surface area contributed by atoms with Crippen LogP contribution in [0.15, 0.2) is 12.7 Å². The molecule has 0 aromatic carbocycles. The monoisotopic (exact) mass is 371 g/mol. The SMILES string of the molecule is C=CCNC(=O)NC1CCN(C(=O)CSC)C1C(=O)N(C)CC(N)=O. The molecule has 25 heavy (non-hydrogen) atoms. The maximum atomic E-state index is 12.7. The number of likely N-dealkylation sites (N-methyl/N-ethyl adjacent to an activating group) is 1. The molecule has 0 bridgehead atoms. The summed E-state index contributed by atoms with van der Waals surface area (Å²) in [6.45, 7) is 3.90. The van der Waals surface area contributed by atoms with Gasteiger partial charge in [-0.15, -0.1) is 6.58 Å². The van der Waals surface area contributed by atoms with Gasteiger partial charge in [-0.1, -0.05) is 6.08 Å². The Morgan fingerprint density at radius 2 is 2.08 bits per heavy atom. The molecule has 140 valence electrons. The number of hydrogen-bond donors (Lipinski definition) is 3. The summed E-state index contributed by atoms with van der Waals surface area (Å²) in [5.41, 5.74) is 5.14. The van der Waals surface area contributed by atoms with Crippen molar-refractivity contribution < 1.29 is 19.2 Å². The third-order valence-electron chi connectivity index (χ3n) is 3.73. The lowest BCUT2D eigenvalue weighted by Gasteiger charge is -2.30. The minimum absolute atomic E-state index is 0.186. The third kappa shape index (κ3) is 5.96. The minimum atomic E-state index is -0.863. The number of likely N-dealkylation sites (tertiary alicyclic amines) is 1. The summed E-state index contributed by atoms with van der Waals surface area (Å²) in [5, 5.41) is 5.29. The van der Waals surface area contributed by atoms with Crippen molar-refractivity contribution in [2.75, 3.05) is 38.7 Å². The quantitative estimate of drug-likeness (QED) is 0.460. The predicted molar refractivity (Wildman–Crippen MR) is 95.9 cm³/mol. The zero-order valence-corrected chi connectivity index (χ0v) is 15.3. The summed E-state index contributed by atoms with van der Waals surface area (Å²) in [6.07, 6.45) is 3.77. The van der Waals surface area contributed by atoms with E-state index in [-0.39, 0.29) is 24.7 Å². The van der Waals surface area contributed by atoms with E-state index in [1.165, 1.54) is 34.7 Å². The number of nitrogens with two attached hydrogens (primary N) is 1. The first-order valence-corrected chi connectivity index (χ1v) is 9.18. The van der Waals surface area contributed by atoms with Crippen LogP contribution in [0.5, 0.6) is 0 Å². The molecular formula is C15H25N5O4S. The molecule has 0 saturated carbocycles. The van der Waals surface area contributed by atoms with Gasteiger partial charge >= 0.3 is 6.03 Å². The maximum Gasteiger partial charge on any atom is 0.315 e. The van der Waals surface area contributed by atoms with Gasteiger partial charge < -0.3 is 26.2 Å². The lowest BCUT2D eigenvalue weighted by Crippen LogP contribution is -2.57. The normalized spacial score (nSPS) is 19.2. The van der Waals surface area contributed by atoms with Gasteiger partial charge in [0.15, 0.2) is 0 Å². The van der Waals surface area contributed by atoms with Crippen LogP contribution in [-0.2, 0) is 14.4 Å². The van der Waals surface area contributed by atoms with Crippen LogP contribution in [0.1, 0.15) is 6.42 Å². The number of urea groups is 1. The molecule has 2 unspecified atom stereocenters. The first-order valence-electron chi connectivity index (χ1n) is 7.78. The van der Waals surface area contributed by atoms with Crippen molar-refractivity contribution in [3.8, 4) is 0 Å². The zero-order chi connectivity index (χ0) is 19.0. The Morgan fingerprint density at radius 3 is 2.64 bits per heavy atom. The summed E-state index contributed by atoms with van der Waals surface area (Å²) in [4.78, 5) is 50.7. The molecule has 1 rings (SSSR count). The van der Waals surface area contributed by atoms with Crippen LogP contribution in [-0.4, -0.2) is 84.3 Å². The Morgan fingerprint density at radius 1 is 1.40 bits per heavy atom. The Labute approximate surface area is 151 Å². The molecule has 1 heterocycles. The third-order valence-corrected chi connectivity index (χ3v) is 4.27. The molecule has 0 aromatic heterocycles. The molecule has 0 aromatic rings. The molecule has 1 fully saturated rings. The van der Waals surface area contributed by atoms with E-state index in [4.69, 9.17) is 5.73 Å². The standard InChI is InChI=1S/C15H25N5O4S/c1-4-6-17-15(24)18-10-5-7-20(12(22)9-25-3)13(10)14(23)19(2)8-11(16)21/h4,10,13H,1,5-9H2,2-3H3,(H2,16,21)(H2,17,18,24). The fourth-order valence-electron chi connectivity index (χ4n) is 2.66. The van der Waals surface area contributed by atoms with Crippen molar-refractivity contribution in [2.45, 2.75) is 18.5 Å². The fourth-order valence-corrected chi connectivity index (χ4v) is 3.07. The lowest BCUT2D eigenvalue weighted by atomic mass is 10.1. The molecule has 0 aliphatic carbocycles. The van der Waals surface area contributed by atoms with Crippen LogP contribution in [0.25, 0.3) is 0 Å². The van der Waals surface area contributed by atoms with E-state index in [9.17, 15) is 19.2 Å². The average molecular weight is 371 g/mol. The van der Waals surface area contributed by atoms with Gasteiger partial charge in [0, 0.05) is 20.1 Å². The first kappa shape index (κ1) is 20.8. The number of carbonyl (C=O) groups excluding carboxylic acids is 4. The molecule has 0 radical (unpaired) electrons. The van der Waals surface area contributed by atoms with E-state index in [0.717, 1.165) is 0 Å². The van der Waals surface area contributed by atoms with Gasteiger partial charge in [-0.2, -0.15) is 11.8 Å². The topological polar surface area (TPSA) is 125 Å². The first-order chi connectivity index (χ1) is 11.8. The van der Waals surface area contributed by atoms with Gasteiger partial charge in [0.2, 0.25) is 17.7 Å². The number of rotatable bonds is 8. The summed E-state index contributed by atoms with van der Waals surface area (Å²) in [6, 6.07) is -1.85. The second-order valence-electron chi connectivity index (χ2n) is 5.66. The van der Waals surface area contributed by atoms with Crippen LogP contribution >= 0.6 is 11.8 Å². The molecular weight excluding hydrogens is 346 g/mol. The van der Waals surface area contributed by atoms with E-state index in [1.807, 2.05) is 0 Å². The summed E-state index contributed by atoms with van der Waals surface area (Å²) in [5.74, 6) is -1.03. The van der Waals surface area contributed by atoms with Crippen molar-refractivity contribution in [3.05, 3.63) is 12.7 Å². The Balaban J connectivity index is 2.93. The Hall–Kier alpha value is -2.23. The summed E-state index contributed by atoms with van der Waals surface area (Å²) in [7, 11) is 1.44. The highest BCUT2D eigenvalue weighted by Gasteiger charge is 2.43. The number of nitrogens with one attached hydrogen (secondary N) is 2. The molecule has 1 aliphatic heterocycles. The number of hydrogen-bond acceptors (Lipinski definition) is 5. The van der Waals surface area contributed by atoms with E-state index >= 15 is 0 Å². The molecule has 1 aliphatic rings. The lowest BCUT2D eigenvalue weighted by molar-refractivity contribution is -0.143. The summed E-state index contributed by atoms with van der Waals surface area (Å²) < 4.78 is 0. The van der Waals surface area contributed by atoms with Gasteiger partial charge in [-0.3, -0.25) is 14.4 Å². The van der Waals surface area contributed by atoms with Gasteiger partial charge in [0.05, 0.1) is 18.3 Å². The molecule has 4 N–H and O–H groups in total. The number of nitrogens with zero attached hydrogens (tertiary/aromatic N) is 2. The van der Waals surface area contributed by atoms with E-state index in [2.05, 4.69) is 17.2 Å². The predicted octanol–water partition coefficient (Wildman–Crippen LogP) is -1.25. The highest BCUT2D eigenvalue weighted by molar-refractivity contribution is 7.99. The van der Waals surface area contributed by atoms with Crippen LogP contribution in [0.4, 0.5) is 4.79 Å². The Kier molecular flexibility index (Phi) is 8.26. The number of amides is 5. The minimum Gasteiger partial charge on any atom is -0.368 e. The second kappa shape index (κ2) is 9.92. The van der Waals surface area contributed by atoms with E-state index in [0.29, 0.717) is 13.0 Å². The van der Waals surface area contributed by atoms with Crippen molar-refractivity contribution in [2.24, 2.45) is 5.73 Å². The molecule has 0 spiro atoms. The highest BCUT2D eigenvalue weighted by Crippen LogP contribution is 2.21. The van der Waals surface area contributed by atoms with Crippen LogP contribution in [0.2, 0.25) is 0 Å². The molecule has 10 heteroatoms. The van der Waals surface area contributed by atoms with Crippen molar-refractivity contribution in [1.82, 2.24) is 20.4 Å². The van der Waals surface area contributed by atoms with Crippen LogP contribution in [0.3, 0.4) is 0 Å². The van der Waals surface area contributed by atoms with Crippen LogP contribution in [0, 0.1) is 0 Å². The molecule has 1 saturated heterocycles. The van der Waals surface area contributed by atoms with Crippen molar-refractivity contribution in [1.29, 1.82) is 0 Å². The smallest absolute Gasteiger partial charge is 0.315 e. The van der Waals surface area contributed by atoms with Crippen LogP contribution < -0.4 is 16.4 Å². The van der Waals surface area contributed by atoms with Gasteiger partial charge in [0.25, 0.3) is 0 Å². The Bertz CT molecular complexity index is 542. The van der Waals surface area contributed by atoms with E-state index < -0.39 is 29.9 Å². The second-order valence-corrected chi connectivity index (χ2v) is 6.53. The molecule has 9 nitrogen and oxygen atoms in total. The van der Waals surface area contributed by atoms with Gasteiger partial charge in [0.1, 0.15) is 6.04 Å².